The lowest BCUT2D eigenvalue weighted by Gasteiger charge is -2.26. The zero-order chi connectivity index (χ0) is 17.5. The molecule has 8 nitrogen and oxygen atoms in total. The number of unbranched alkanes of at least 4 members (excludes halogenated alkanes) is 1. The zero-order valence-corrected chi connectivity index (χ0v) is 14.0. The average Bonchev–Trinajstić information content (AvgIpc) is 2.93. The number of nitrogens with zero attached hydrogens (tertiary/aromatic N) is 1. The van der Waals surface area contributed by atoms with Gasteiger partial charge in [0.05, 0.1) is 6.20 Å². The minimum Gasteiger partial charge on any atom is -0.443 e. The second kappa shape index (κ2) is 8.52. The normalized spacial score (nSPS) is 14.0. The second-order valence-corrected chi connectivity index (χ2v) is 6.37. The Balaban J connectivity index is 2.67. The van der Waals surface area contributed by atoms with Gasteiger partial charge in [-0.15, -0.1) is 0 Å². The Morgan fingerprint density at radius 3 is 2.65 bits per heavy atom. The SMILES string of the molecule is CCCC[C@H](OC(=O)NC(C)(C)C)[C@@H](O)C(=O)Nc1ccn[nH]1. The molecule has 1 heterocycles. The van der Waals surface area contributed by atoms with Crippen LogP contribution in [0.2, 0.25) is 0 Å². The molecule has 0 saturated carbocycles. The molecule has 0 aromatic carbocycles. The molecule has 1 aromatic heterocycles. The molecule has 0 saturated heterocycles. The second-order valence-electron chi connectivity index (χ2n) is 6.37. The summed E-state index contributed by atoms with van der Waals surface area (Å²) in [6, 6.07) is 1.55. The van der Waals surface area contributed by atoms with Crippen LogP contribution in [0.4, 0.5) is 10.6 Å². The standard InChI is InChI=1S/C15H26N4O4/c1-5-6-7-10(23-14(22)18-15(2,3)4)12(20)13(21)17-11-8-9-16-19-11/h8-10,12,20H,5-7H2,1-4H3,(H,18,22)(H2,16,17,19,21)/t10-,12+/m0/s1. The van der Waals surface area contributed by atoms with Crippen molar-refractivity contribution in [3.05, 3.63) is 12.3 Å². The van der Waals surface area contributed by atoms with Crippen LogP contribution in [0.25, 0.3) is 0 Å². The maximum atomic E-state index is 12.1. The molecule has 4 N–H and O–H groups in total. The average molecular weight is 326 g/mol. The summed E-state index contributed by atoms with van der Waals surface area (Å²) in [5, 5.41) is 21.6. The number of aromatic nitrogens is 2. The van der Waals surface area contributed by atoms with Gasteiger partial charge in [-0.2, -0.15) is 5.10 Å². The lowest BCUT2D eigenvalue weighted by atomic mass is 10.1. The van der Waals surface area contributed by atoms with Gasteiger partial charge < -0.3 is 20.5 Å². The summed E-state index contributed by atoms with van der Waals surface area (Å²) in [7, 11) is 0. The summed E-state index contributed by atoms with van der Waals surface area (Å²) in [6.07, 6.45) is 0.412. The van der Waals surface area contributed by atoms with Crippen LogP contribution in [0.15, 0.2) is 12.3 Å². The van der Waals surface area contributed by atoms with Crippen molar-refractivity contribution in [1.82, 2.24) is 15.5 Å². The molecule has 2 atom stereocenters. The Labute approximate surface area is 136 Å². The minimum absolute atomic E-state index is 0.363. The molecule has 0 unspecified atom stereocenters. The molecule has 8 heteroatoms. The van der Waals surface area contributed by atoms with Crippen molar-refractivity contribution in [3.63, 3.8) is 0 Å². The predicted octanol–water partition coefficient (Wildman–Crippen LogP) is 1.79. The van der Waals surface area contributed by atoms with Crippen molar-refractivity contribution in [2.45, 2.75) is 64.7 Å². The number of rotatable bonds is 7. The van der Waals surface area contributed by atoms with Gasteiger partial charge in [0.1, 0.15) is 11.9 Å². The van der Waals surface area contributed by atoms with Crippen LogP contribution in [-0.2, 0) is 9.53 Å². The Kier molecular flexibility index (Phi) is 7.02. The maximum absolute atomic E-state index is 12.1. The van der Waals surface area contributed by atoms with Crippen LogP contribution in [0.3, 0.4) is 0 Å². The van der Waals surface area contributed by atoms with Gasteiger partial charge in [0.25, 0.3) is 5.91 Å². The first-order valence-corrected chi connectivity index (χ1v) is 7.70. The first kappa shape index (κ1) is 19.0. The monoisotopic (exact) mass is 326 g/mol. The van der Waals surface area contributed by atoms with E-state index in [1.54, 1.807) is 6.07 Å². The molecule has 0 aliphatic carbocycles. The van der Waals surface area contributed by atoms with E-state index in [4.69, 9.17) is 4.74 Å². The lowest BCUT2D eigenvalue weighted by molar-refractivity contribution is -0.130. The Morgan fingerprint density at radius 2 is 2.13 bits per heavy atom. The summed E-state index contributed by atoms with van der Waals surface area (Å²) in [5.41, 5.74) is -0.463. The first-order chi connectivity index (χ1) is 10.7. The topological polar surface area (TPSA) is 116 Å². The molecule has 130 valence electrons. The number of aliphatic hydroxyl groups excluding tert-OH is 1. The summed E-state index contributed by atoms with van der Waals surface area (Å²) in [4.78, 5) is 23.9. The Morgan fingerprint density at radius 1 is 1.43 bits per heavy atom. The van der Waals surface area contributed by atoms with Crippen molar-refractivity contribution >= 4 is 17.8 Å². The number of hydrogen-bond acceptors (Lipinski definition) is 5. The third kappa shape index (κ3) is 7.14. The van der Waals surface area contributed by atoms with Gasteiger partial charge >= 0.3 is 6.09 Å². The molecular weight excluding hydrogens is 300 g/mol. The first-order valence-electron chi connectivity index (χ1n) is 7.70. The summed E-state index contributed by atoms with van der Waals surface area (Å²) in [5.74, 6) is -0.290. The molecule has 1 aromatic rings. The summed E-state index contributed by atoms with van der Waals surface area (Å²) >= 11 is 0. The largest absolute Gasteiger partial charge is 0.443 e. The number of amides is 2. The predicted molar refractivity (Wildman–Crippen MR) is 85.9 cm³/mol. The highest BCUT2D eigenvalue weighted by Gasteiger charge is 2.30. The van der Waals surface area contributed by atoms with Gasteiger partial charge in [-0.1, -0.05) is 13.3 Å². The van der Waals surface area contributed by atoms with Gasteiger partial charge in [0.15, 0.2) is 6.10 Å². The van der Waals surface area contributed by atoms with Crippen molar-refractivity contribution in [2.24, 2.45) is 0 Å². The number of hydrogen-bond donors (Lipinski definition) is 4. The highest BCUT2D eigenvalue weighted by Crippen LogP contribution is 2.13. The quantitative estimate of drug-likeness (QED) is 0.609. The molecular formula is C15H26N4O4. The third-order valence-corrected chi connectivity index (χ3v) is 2.96. The molecule has 0 bridgehead atoms. The number of H-pyrrole nitrogens is 1. The molecule has 2 amide bonds. The number of ether oxygens (including phenoxy) is 1. The number of anilines is 1. The van der Waals surface area contributed by atoms with Crippen molar-refractivity contribution < 1.29 is 19.4 Å². The molecule has 1 rings (SSSR count). The van der Waals surface area contributed by atoms with Crippen LogP contribution in [0, 0.1) is 0 Å². The van der Waals surface area contributed by atoms with E-state index in [0.717, 1.165) is 12.8 Å². The number of carbonyl (C=O) groups is 2. The van der Waals surface area contributed by atoms with Gasteiger partial charge in [-0.3, -0.25) is 9.89 Å². The van der Waals surface area contributed by atoms with E-state index in [-0.39, 0.29) is 0 Å². The van der Waals surface area contributed by atoms with Crippen LogP contribution >= 0.6 is 0 Å². The van der Waals surface area contributed by atoms with Gasteiger partial charge in [0.2, 0.25) is 0 Å². The Hall–Kier alpha value is -2.09. The van der Waals surface area contributed by atoms with Crippen molar-refractivity contribution in [3.8, 4) is 0 Å². The van der Waals surface area contributed by atoms with E-state index in [9.17, 15) is 14.7 Å². The van der Waals surface area contributed by atoms with Crippen molar-refractivity contribution in [2.75, 3.05) is 5.32 Å². The van der Waals surface area contributed by atoms with E-state index in [1.165, 1.54) is 6.20 Å². The van der Waals surface area contributed by atoms with Gasteiger partial charge in [-0.25, -0.2) is 4.79 Å². The fourth-order valence-electron chi connectivity index (χ4n) is 1.86. The van der Waals surface area contributed by atoms with Crippen LogP contribution in [-0.4, -0.2) is 45.1 Å². The van der Waals surface area contributed by atoms with Crippen LogP contribution in [0.5, 0.6) is 0 Å². The Bertz CT molecular complexity index is 496. The number of alkyl carbamates (subject to hydrolysis) is 1. The van der Waals surface area contributed by atoms with Crippen LogP contribution < -0.4 is 10.6 Å². The molecule has 23 heavy (non-hydrogen) atoms. The van der Waals surface area contributed by atoms with E-state index in [0.29, 0.717) is 12.2 Å². The molecule has 0 radical (unpaired) electrons. The number of carbonyl (C=O) groups excluding carboxylic acids is 2. The van der Waals surface area contributed by atoms with E-state index in [2.05, 4.69) is 20.8 Å². The fourth-order valence-corrected chi connectivity index (χ4v) is 1.86. The fraction of sp³-hybridized carbons (Fsp3) is 0.667. The maximum Gasteiger partial charge on any atom is 0.407 e. The van der Waals surface area contributed by atoms with E-state index < -0.39 is 29.7 Å². The highest BCUT2D eigenvalue weighted by atomic mass is 16.6. The minimum atomic E-state index is -1.46. The van der Waals surface area contributed by atoms with E-state index >= 15 is 0 Å². The molecule has 0 aliphatic heterocycles. The summed E-state index contributed by atoms with van der Waals surface area (Å²) < 4.78 is 5.24. The van der Waals surface area contributed by atoms with E-state index in [1.807, 2.05) is 27.7 Å². The smallest absolute Gasteiger partial charge is 0.407 e. The van der Waals surface area contributed by atoms with Crippen LogP contribution in [0.1, 0.15) is 47.0 Å². The molecule has 0 aliphatic rings. The number of nitrogens with one attached hydrogen (secondary N) is 3. The summed E-state index contributed by atoms with van der Waals surface area (Å²) in [6.45, 7) is 7.42. The third-order valence-electron chi connectivity index (χ3n) is 2.96. The van der Waals surface area contributed by atoms with Crippen molar-refractivity contribution in [1.29, 1.82) is 0 Å². The molecule has 0 spiro atoms. The zero-order valence-electron chi connectivity index (χ0n) is 14.0. The van der Waals surface area contributed by atoms with Gasteiger partial charge in [-0.05, 0) is 33.6 Å². The van der Waals surface area contributed by atoms with Gasteiger partial charge in [0, 0.05) is 11.6 Å². The molecule has 0 fully saturated rings. The number of aromatic amines is 1. The number of aliphatic hydroxyl groups is 1. The lowest BCUT2D eigenvalue weighted by Crippen LogP contribution is -2.46. The highest BCUT2D eigenvalue weighted by molar-refractivity contribution is 5.93.